The Morgan fingerprint density at radius 2 is 1.75 bits per heavy atom. The van der Waals surface area contributed by atoms with E-state index >= 15 is 0 Å². The maximum absolute atomic E-state index is 13.0. The van der Waals surface area contributed by atoms with Crippen molar-refractivity contribution in [3.63, 3.8) is 0 Å². The minimum absolute atomic E-state index is 0.127. The lowest BCUT2D eigenvalue weighted by Crippen LogP contribution is -2.67. The zero-order chi connectivity index (χ0) is 14.8. The second kappa shape index (κ2) is 5.82. The van der Waals surface area contributed by atoms with E-state index in [2.05, 4.69) is 37.9 Å². The molecule has 0 unspecified atom stereocenters. The molecule has 20 heavy (non-hydrogen) atoms. The maximum Gasteiger partial charge on any atom is 0.123 e. The van der Waals surface area contributed by atoms with Crippen molar-refractivity contribution < 1.29 is 4.39 Å². The Morgan fingerprint density at radius 1 is 1.15 bits per heavy atom. The number of rotatable bonds is 4. The Bertz CT molecular complexity index is 435. The Kier molecular flexibility index (Phi) is 4.50. The first-order valence-corrected chi connectivity index (χ1v) is 7.65. The fourth-order valence-corrected chi connectivity index (χ4v) is 2.95. The quantitative estimate of drug-likeness (QED) is 0.906. The lowest BCUT2D eigenvalue weighted by molar-refractivity contribution is 0.0161. The zero-order valence-electron chi connectivity index (χ0n) is 13.2. The summed E-state index contributed by atoms with van der Waals surface area (Å²) in [5, 5.41) is 3.75. The highest BCUT2D eigenvalue weighted by Crippen LogP contribution is 2.29. The second-order valence-electron chi connectivity index (χ2n) is 6.64. The summed E-state index contributed by atoms with van der Waals surface area (Å²) in [5.74, 6) is -0.162. The highest BCUT2D eigenvalue weighted by Gasteiger charge is 2.40. The van der Waals surface area contributed by atoms with E-state index in [1.54, 1.807) is 12.1 Å². The molecule has 1 saturated heterocycles. The van der Waals surface area contributed by atoms with Crippen LogP contribution in [-0.4, -0.2) is 29.1 Å². The van der Waals surface area contributed by atoms with Crippen LogP contribution in [0.4, 0.5) is 4.39 Å². The third kappa shape index (κ3) is 3.21. The monoisotopic (exact) mass is 278 g/mol. The van der Waals surface area contributed by atoms with E-state index in [1.165, 1.54) is 5.56 Å². The molecule has 1 aliphatic rings. The van der Waals surface area contributed by atoms with E-state index in [9.17, 15) is 4.39 Å². The summed E-state index contributed by atoms with van der Waals surface area (Å²) in [7, 11) is 0. The van der Waals surface area contributed by atoms with Gasteiger partial charge in [-0.2, -0.15) is 0 Å². The molecule has 0 amide bonds. The summed E-state index contributed by atoms with van der Waals surface area (Å²) >= 11 is 0. The maximum atomic E-state index is 13.0. The van der Waals surface area contributed by atoms with E-state index in [-0.39, 0.29) is 16.9 Å². The molecule has 1 fully saturated rings. The van der Waals surface area contributed by atoms with Gasteiger partial charge < -0.3 is 5.32 Å². The molecule has 1 aromatic carbocycles. The van der Waals surface area contributed by atoms with Crippen LogP contribution < -0.4 is 5.32 Å². The van der Waals surface area contributed by atoms with Crippen LogP contribution >= 0.6 is 0 Å². The van der Waals surface area contributed by atoms with Crippen LogP contribution in [0, 0.1) is 5.82 Å². The van der Waals surface area contributed by atoms with Gasteiger partial charge in [0.2, 0.25) is 0 Å². The van der Waals surface area contributed by atoms with Crippen LogP contribution in [0.1, 0.15) is 46.1 Å². The first-order valence-electron chi connectivity index (χ1n) is 7.65. The molecule has 2 nitrogen and oxygen atoms in total. The van der Waals surface area contributed by atoms with Gasteiger partial charge in [0.1, 0.15) is 5.82 Å². The minimum atomic E-state index is -0.162. The summed E-state index contributed by atoms with van der Waals surface area (Å²) in [6.45, 7) is 12.0. The normalized spacial score (nSPS) is 21.9. The standard InChI is InChI=1S/C17H27FN2/c1-5-17(6-2)13-20(16(3,4)12-19-17)11-14-7-9-15(18)10-8-14/h7-10,19H,5-6,11-13H2,1-4H3. The van der Waals surface area contributed by atoms with Gasteiger partial charge in [-0.05, 0) is 44.4 Å². The number of piperazine rings is 1. The van der Waals surface area contributed by atoms with Gasteiger partial charge in [0.25, 0.3) is 0 Å². The Labute approximate surface area is 122 Å². The largest absolute Gasteiger partial charge is 0.308 e. The van der Waals surface area contributed by atoms with Crippen molar-refractivity contribution in [2.24, 2.45) is 0 Å². The van der Waals surface area contributed by atoms with Crippen molar-refractivity contribution in [2.75, 3.05) is 13.1 Å². The lowest BCUT2D eigenvalue weighted by Gasteiger charge is -2.52. The molecule has 3 heteroatoms. The highest BCUT2D eigenvalue weighted by atomic mass is 19.1. The van der Waals surface area contributed by atoms with Crippen molar-refractivity contribution in [1.29, 1.82) is 0 Å². The zero-order valence-corrected chi connectivity index (χ0v) is 13.2. The summed E-state index contributed by atoms with van der Waals surface area (Å²) in [5.41, 5.74) is 1.53. The number of halogens is 1. The SMILES string of the molecule is CCC1(CC)CN(Cc2ccc(F)cc2)C(C)(C)CN1. The molecular formula is C17H27FN2. The van der Waals surface area contributed by atoms with Crippen molar-refractivity contribution in [3.8, 4) is 0 Å². The summed E-state index contributed by atoms with van der Waals surface area (Å²) in [6.07, 6.45) is 2.28. The Balaban J connectivity index is 2.15. The van der Waals surface area contributed by atoms with Gasteiger partial charge >= 0.3 is 0 Å². The van der Waals surface area contributed by atoms with Crippen LogP contribution in [-0.2, 0) is 6.54 Å². The third-order valence-corrected chi connectivity index (χ3v) is 4.89. The minimum Gasteiger partial charge on any atom is -0.308 e. The molecule has 112 valence electrons. The van der Waals surface area contributed by atoms with E-state index in [0.717, 1.165) is 32.5 Å². The molecule has 0 aromatic heterocycles. The highest BCUT2D eigenvalue weighted by molar-refractivity contribution is 5.17. The van der Waals surface area contributed by atoms with Crippen LogP contribution in [0.5, 0.6) is 0 Å². The average Bonchev–Trinajstić information content (AvgIpc) is 2.44. The molecule has 0 atom stereocenters. The van der Waals surface area contributed by atoms with Gasteiger partial charge in [0.05, 0.1) is 0 Å². The Morgan fingerprint density at radius 3 is 2.30 bits per heavy atom. The topological polar surface area (TPSA) is 15.3 Å². The number of nitrogens with one attached hydrogen (secondary N) is 1. The predicted molar refractivity (Wildman–Crippen MR) is 82.2 cm³/mol. The molecule has 0 bridgehead atoms. The molecule has 0 spiro atoms. The number of benzene rings is 1. The molecule has 0 saturated carbocycles. The summed E-state index contributed by atoms with van der Waals surface area (Å²) in [6, 6.07) is 6.90. The first kappa shape index (κ1) is 15.5. The van der Waals surface area contributed by atoms with E-state index in [0.29, 0.717) is 0 Å². The molecule has 1 N–H and O–H groups in total. The molecule has 1 heterocycles. The average molecular weight is 278 g/mol. The smallest absolute Gasteiger partial charge is 0.123 e. The predicted octanol–water partition coefficient (Wildman–Crippen LogP) is 3.57. The van der Waals surface area contributed by atoms with Crippen LogP contribution in [0.25, 0.3) is 0 Å². The van der Waals surface area contributed by atoms with Gasteiger partial charge in [-0.1, -0.05) is 26.0 Å². The van der Waals surface area contributed by atoms with Crippen LogP contribution in [0.3, 0.4) is 0 Å². The molecular weight excluding hydrogens is 251 g/mol. The van der Waals surface area contributed by atoms with Gasteiger partial charge in [0, 0.05) is 30.7 Å². The van der Waals surface area contributed by atoms with E-state index in [1.807, 2.05) is 12.1 Å². The summed E-state index contributed by atoms with van der Waals surface area (Å²) in [4.78, 5) is 2.53. The van der Waals surface area contributed by atoms with Crippen molar-refractivity contribution in [1.82, 2.24) is 10.2 Å². The number of nitrogens with zero attached hydrogens (tertiary/aromatic N) is 1. The molecule has 1 aliphatic heterocycles. The fraction of sp³-hybridized carbons (Fsp3) is 0.647. The fourth-order valence-electron chi connectivity index (χ4n) is 2.95. The second-order valence-corrected chi connectivity index (χ2v) is 6.64. The van der Waals surface area contributed by atoms with Gasteiger partial charge in [-0.15, -0.1) is 0 Å². The molecule has 0 aliphatic carbocycles. The van der Waals surface area contributed by atoms with Crippen LogP contribution in [0.2, 0.25) is 0 Å². The van der Waals surface area contributed by atoms with Gasteiger partial charge in [-0.25, -0.2) is 4.39 Å². The number of hydrogen-bond donors (Lipinski definition) is 1. The molecule has 1 aromatic rings. The molecule has 2 rings (SSSR count). The summed E-state index contributed by atoms with van der Waals surface area (Å²) < 4.78 is 13.0. The van der Waals surface area contributed by atoms with Gasteiger partial charge in [0.15, 0.2) is 0 Å². The van der Waals surface area contributed by atoms with E-state index in [4.69, 9.17) is 0 Å². The van der Waals surface area contributed by atoms with Gasteiger partial charge in [-0.3, -0.25) is 4.90 Å². The van der Waals surface area contributed by atoms with E-state index < -0.39 is 0 Å². The lowest BCUT2D eigenvalue weighted by atomic mass is 9.84. The Hall–Kier alpha value is -0.930. The first-order chi connectivity index (χ1) is 9.41. The third-order valence-electron chi connectivity index (χ3n) is 4.89. The molecule has 0 radical (unpaired) electrons. The van der Waals surface area contributed by atoms with Crippen molar-refractivity contribution in [3.05, 3.63) is 35.6 Å². The van der Waals surface area contributed by atoms with Crippen LogP contribution in [0.15, 0.2) is 24.3 Å². The number of hydrogen-bond acceptors (Lipinski definition) is 2. The van der Waals surface area contributed by atoms with Crippen molar-refractivity contribution >= 4 is 0 Å². The van der Waals surface area contributed by atoms with Crippen molar-refractivity contribution in [2.45, 2.75) is 58.2 Å².